The number of amides is 2. The number of H-pyrrole nitrogens is 1. The number of nitrogens with one attached hydrogen (secondary N) is 2. The van der Waals surface area contributed by atoms with E-state index < -0.39 is 0 Å². The molecule has 0 fully saturated rings. The van der Waals surface area contributed by atoms with Crippen molar-refractivity contribution in [2.24, 2.45) is 5.10 Å². The molecule has 2 N–H and O–H groups in total. The van der Waals surface area contributed by atoms with Crippen molar-refractivity contribution in [3.63, 3.8) is 0 Å². The first-order valence-electron chi connectivity index (χ1n) is 9.47. The summed E-state index contributed by atoms with van der Waals surface area (Å²) in [4.78, 5) is 27.6. The minimum absolute atomic E-state index is 0.0886. The smallest absolute Gasteiger partial charge is 0.267 e. The van der Waals surface area contributed by atoms with E-state index in [0.717, 1.165) is 22.0 Å². The van der Waals surface area contributed by atoms with Crippen molar-refractivity contribution in [1.29, 1.82) is 0 Å². The Morgan fingerprint density at radius 3 is 2.72 bits per heavy atom. The van der Waals surface area contributed by atoms with Crippen molar-refractivity contribution in [3.05, 3.63) is 70.9 Å². The van der Waals surface area contributed by atoms with Gasteiger partial charge in [-0.25, -0.2) is 5.01 Å². The molecule has 0 spiro atoms. The first kappa shape index (κ1) is 19.2. The van der Waals surface area contributed by atoms with Crippen LogP contribution in [-0.4, -0.2) is 41.1 Å². The van der Waals surface area contributed by atoms with Crippen molar-refractivity contribution in [3.8, 4) is 0 Å². The molecule has 1 aliphatic rings. The predicted molar refractivity (Wildman–Crippen MR) is 114 cm³/mol. The third-order valence-electron chi connectivity index (χ3n) is 5.21. The van der Waals surface area contributed by atoms with E-state index >= 15 is 0 Å². The van der Waals surface area contributed by atoms with Gasteiger partial charge in [0.1, 0.15) is 5.71 Å². The Hall–Kier alpha value is -3.12. The summed E-state index contributed by atoms with van der Waals surface area (Å²) < 4.78 is 0. The summed E-state index contributed by atoms with van der Waals surface area (Å²) in [5.74, 6) is -0.483. The Labute approximate surface area is 173 Å². The summed E-state index contributed by atoms with van der Waals surface area (Å²) in [7, 11) is 1.56. The maximum absolute atomic E-state index is 12.7. The number of fused-ring (bicyclic) bond motifs is 1. The number of halogens is 1. The summed E-state index contributed by atoms with van der Waals surface area (Å²) in [6.45, 7) is 0.362. The van der Waals surface area contributed by atoms with Gasteiger partial charge in [0.25, 0.3) is 5.91 Å². The zero-order valence-corrected chi connectivity index (χ0v) is 16.7. The van der Waals surface area contributed by atoms with Gasteiger partial charge in [0.05, 0.1) is 0 Å². The highest BCUT2D eigenvalue weighted by Crippen LogP contribution is 2.34. The number of aromatic nitrogens is 1. The lowest BCUT2D eigenvalue weighted by Crippen LogP contribution is -2.39. The summed E-state index contributed by atoms with van der Waals surface area (Å²) in [6.07, 6.45) is 2.60. The van der Waals surface area contributed by atoms with Crippen LogP contribution in [0.15, 0.2) is 59.8 Å². The number of nitrogens with zero attached hydrogens (tertiary/aromatic N) is 2. The van der Waals surface area contributed by atoms with E-state index in [4.69, 9.17) is 11.6 Å². The Morgan fingerprint density at radius 1 is 1.17 bits per heavy atom. The molecule has 0 saturated heterocycles. The molecular weight excluding hydrogens is 388 g/mol. The van der Waals surface area contributed by atoms with E-state index in [2.05, 4.69) is 21.5 Å². The SMILES string of the molecule is CN1N=C(C(=O)NC[C@H](c2ccccc2Cl)c2c[nH]c3ccccc23)CCC1=O. The molecule has 0 bridgehead atoms. The molecule has 0 saturated carbocycles. The maximum atomic E-state index is 12.7. The normalized spacial score (nSPS) is 15.3. The first-order chi connectivity index (χ1) is 14.0. The van der Waals surface area contributed by atoms with Crippen LogP contribution in [-0.2, 0) is 9.59 Å². The average molecular weight is 409 g/mol. The molecule has 0 radical (unpaired) electrons. The number of hydrazone groups is 1. The standard InChI is InChI=1S/C22H21ClN4O2/c1-27-21(28)11-10-20(26-27)22(29)25-13-16(14-6-2-4-8-18(14)23)17-12-24-19-9-5-3-7-15(17)19/h2-9,12,16,24H,10-11,13H2,1H3,(H,25,29)/t16-/m1/s1. The van der Waals surface area contributed by atoms with Crippen LogP contribution >= 0.6 is 11.6 Å². The van der Waals surface area contributed by atoms with E-state index in [0.29, 0.717) is 30.1 Å². The summed E-state index contributed by atoms with van der Waals surface area (Å²) in [5.41, 5.74) is 3.40. The number of benzene rings is 2. The van der Waals surface area contributed by atoms with Crippen LogP contribution in [0.2, 0.25) is 5.02 Å². The first-order valence-corrected chi connectivity index (χ1v) is 9.85. The molecule has 1 aromatic heterocycles. The van der Waals surface area contributed by atoms with Crippen molar-refractivity contribution in [2.45, 2.75) is 18.8 Å². The highest BCUT2D eigenvalue weighted by atomic mass is 35.5. The van der Waals surface area contributed by atoms with Gasteiger partial charge >= 0.3 is 0 Å². The van der Waals surface area contributed by atoms with Crippen molar-refractivity contribution < 1.29 is 9.59 Å². The van der Waals surface area contributed by atoms with Gasteiger partial charge in [0, 0.05) is 54.5 Å². The number of hydrogen-bond donors (Lipinski definition) is 2. The van der Waals surface area contributed by atoms with Crippen molar-refractivity contribution in [1.82, 2.24) is 15.3 Å². The Balaban J connectivity index is 1.63. The van der Waals surface area contributed by atoms with Crippen LogP contribution in [0.3, 0.4) is 0 Å². The Bertz CT molecular complexity index is 1100. The van der Waals surface area contributed by atoms with Gasteiger partial charge in [0.15, 0.2) is 0 Å². The quantitative estimate of drug-likeness (QED) is 0.675. The minimum Gasteiger partial charge on any atom is -0.361 e. The van der Waals surface area contributed by atoms with Gasteiger partial charge in [-0.1, -0.05) is 48.0 Å². The predicted octanol–water partition coefficient (Wildman–Crippen LogP) is 3.68. The fourth-order valence-electron chi connectivity index (χ4n) is 3.66. The Kier molecular flexibility index (Phi) is 5.36. The van der Waals surface area contributed by atoms with E-state index in [1.807, 2.05) is 48.7 Å². The van der Waals surface area contributed by atoms with Crippen LogP contribution in [0, 0.1) is 0 Å². The van der Waals surface area contributed by atoms with Gasteiger partial charge < -0.3 is 10.3 Å². The van der Waals surface area contributed by atoms with Crippen LogP contribution in [0.25, 0.3) is 10.9 Å². The van der Waals surface area contributed by atoms with Gasteiger partial charge in [-0.3, -0.25) is 9.59 Å². The molecule has 1 atom stereocenters. The lowest BCUT2D eigenvalue weighted by atomic mass is 9.90. The van der Waals surface area contributed by atoms with E-state index in [9.17, 15) is 9.59 Å². The molecule has 29 heavy (non-hydrogen) atoms. The average Bonchev–Trinajstić information content (AvgIpc) is 3.15. The lowest BCUT2D eigenvalue weighted by molar-refractivity contribution is -0.130. The monoisotopic (exact) mass is 408 g/mol. The second-order valence-electron chi connectivity index (χ2n) is 7.04. The fraction of sp³-hybridized carbons (Fsp3) is 0.227. The second-order valence-corrected chi connectivity index (χ2v) is 7.44. The molecule has 1 aliphatic heterocycles. The molecule has 2 amide bonds. The lowest BCUT2D eigenvalue weighted by Gasteiger charge is -2.22. The van der Waals surface area contributed by atoms with Gasteiger partial charge in [-0.15, -0.1) is 0 Å². The van der Waals surface area contributed by atoms with Crippen LogP contribution in [0.1, 0.15) is 29.9 Å². The largest absolute Gasteiger partial charge is 0.361 e. The second kappa shape index (κ2) is 8.09. The number of carbonyl (C=O) groups is 2. The summed E-state index contributed by atoms with van der Waals surface area (Å²) >= 11 is 6.50. The van der Waals surface area contributed by atoms with E-state index in [-0.39, 0.29) is 17.7 Å². The number of rotatable bonds is 5. The zero-order valence-electron chi connectivity index (χ0n) is 16.0. The molecule has 0 unspecified atom stereocenters. The zero-order chi connectivity index (χ0) is 20.4. The molecule has 0 aliphatic carbocycles. The van der Waals surface area contributed by atoms with E-state index in [1.54, 1.807) is 7.05 Å². The number of aromatic amines is 1. The summed E-state index contributed by atoms with van der Waals surface area (Å²) in [6, 6.07) is 15.7. The van der Waals surface area contributed by atoms with Crippen LogP contribution < -0.4 is 5.32 Å². The van der Waals surface area contributed by atoms with Crippen LogP contribution in [0.4, 0.5) is 0 Å². The number of hydrogen-bond acceptors (Lipinski definition) is 3. The van der Waals surface area contributed by atoms with Gasteiger partial charge in [-0.05, 0) is 23.3 Å². The van der Waals surface area contributed by atoms with Crippen molar-refractivity contribution in [2.75, 3.05) is 13.6 Å². The van der Waals surface area contributed by atoms with Crippen LogP contribution in [0.5, 0.6) is 0 Å². The Morgan fingerprint density at radius 2 is 1.93 bits per heavy atom. The topological polar surface area (TPSA) is 77.6 Å². The summed E-state index contributed by atoms with van der Waals surface area (Å²) in [5, 5.41) is 10.1. The minimum atomic E-state index is -0.263. The van der Waals surface area contributed by atoms with Gasteiger partial charge in [0.2, 0.25) is 5.91 Å². The molecule has 2 heterocycles. The highest BCUT2D eigenvalue weighted by Gasteiger charge is 2.25. The molecule has 4 rings (SSSR count). The fourth-order valence-corrected chi connectivity index (χ4v) is 3.92. The van der Waals surface area contributed by atoms with E-state index in [1.165, 1.54) is 5.01 Å². The molecule has 7 heteroatoms. The molecular formula is C22H21ClN4O2. The molecule has 148 valence electrons. The third kappa shape index (κ3) is 3.89. The molecule has 6 nitrogen and oxygen atoms in total. The third-order valence-corrected chi connectivity index (χ3v) is 5.56. The van der Waals surface area contributed by atoms with Gasteiger partial charge in [-0.2, -0.15) is 5.10 Å². The highest BCUT2D eigenvalue weighted by molar-refractivity contribution is 6.39. The maximum Gasteiger partial charge on any atom is 0.267 e. The number of para-hydroxylation sites is 1. The van der Waals surface area contributed by atoms with Crippen molar-refractivity contribution >= 4 is 40.0 Å². The number of carbonyl (C=O) groups excluding carboxylic acids is 2. The molecule has 3 aromatic rings. The molecule has 2 aromatic carbocycles.